The second kappa shape index (κ2) is 9.23. The van der Waals surface area contributed by atoms with Crippen LogP contribution in [-0.4, -0.2) is 70.9 Å². The Labute approximate surface area is 193 Å². The molecule has 1 aromatic carbocycles. The summed E-state index contributed by atoms with van der Waals surface area (Å²) < 4.78 is 7.06. The summed E-state index contributed by atoms with van der Waals surface area (Å²) in [6, 6.07) is 2.25. The lowest BCUT2D eigenvalue weighted by Gasteiger charge is -2.41. The molecule has 3 N–H and O–H groups in total. The van der Waals surface area contributed by atoms with Gasteiger partial charge in [-0.3, -0.25) is 0 Å². The SMILES string of the molecule is OCC1OC(Sc2cc(Cl)c(Cl)c(Cl)c2)[C@@H](O)C(n2cc(-c3nncs3)nn2)C1O. The van der Waals surface area contributed by atoms with Crippen LogP contribution < -0.4 is 0 Å². The van der Waals surface area contributed by atoms with E-state index in [0.29, 0.717) is 15.6 Å². The van der Waals surface area contributed by atoms with Crippen molar-refractivity contribution in [2.24, 2.45) is 0 Å². The van der Waals surface area contributed by atoms with E-state index in [9.17, 15) is 15.3 Å². The molecular formula is C16H14Cl3N5O4S2. The van der Waals surface area contributed by atoms with E-state index >= 15 is 0 Å². The maximum Gasteiger partial charge on any atom is 0.169 e. The third kappa shape index (κ3) is 4.31. The number of aliphatic hydroxyl groups is 3. The number of aromatic nitrogens is 5. The van der Waals surface area contributed by atoms with Crippen LogP contribution in [0.1, 0.15) is 6.04 Å². The van der Waals surface area contributed by atoms with Crippen LogP contribution in [0.4, 0.5) is 0 Å². The molecule has 9 nitrogen and oxygen atoms in total. The van der Waals surface area contributed by atoms with Gasteiger partial charge in [0.05, 0.1) is 27.9 Å². The Balaban J connectivity index is 1.62. The molecule has 30 heavy (non-hydrogen) atoms. The quantitative estimate of drug-likeness (QED) is 0.444. The van der Waals surface area contributed by atoms with Gasteiger partial charge in [-0.2, -0.15) is 0 Å². The van der Waals surface area contributed by atoms with E-state index in [1.165, 1.54) is 16.0 Å². The summed E-state index contributed by atoms with van der Waals surface area (Å²) in [5, 5.41) is 48.4. The first kappa shape index (κ1) is 22.2. The van der Waals surface area contributed by atoms with Crippen molar-refractivity contribution in [2.45, 2.75) is 34.7 Å². The van der Waals surface area contributed by atoms with E-state index in [1.807, 2.05) is 0 Å². The van der Waals surface area contributed by atoms with Crippen molar-refractivity contribution in [2.75, 3.05) is 6.61 Å². The molecule has 4 unspecified atom stereocenters. The highest BCUT2D eigenvalue weighted by Gasteiger charge is 2.46. The molecule has 1 saturated heterocycles. The van der Waals surface area contributed by atoms with E-state index in [2.05, 4.69) is 20.5 Å². The van der Waals surface area contributed by atoms with Crippen molar-refractivity contribution in [1.29, 1.82) is 0 Å². The summed E-state index contributed by atoms with van der Waals surface area (Å²) in [7, 11) is 0. The summed E-state index contributed by atoms with van der Waals surface area (Å²) in [6.07, 6.45) is -1.84. The molecule has 0 spiro atoms. The number of halogens is 3. The lowest BCUT2D eigenvalue weighted by molar-refractivity contribution is -0.178. The van der Waals surface area contributed by atoms with Gasteiger partial charge in [-0.15, -0.1) is 15.3 Å². The number of benzene rings is 1. The third-order valence-electron chi connectivity index (χ3n) is 4.45. The van der Waals surface area contributed by atoms with Gasteiger partial charge < -0.3 is 20.1 Å². The predicted octanol–water partition coefficient (Wildman–Crippen LogP) is 2.53. The van der Waals surface area contributed by atoms with Gasteiger partial charge in [0.15, 0.2) is 5.01 Å². The minimum absolute atomic E-state index is 0.223. The third-order valence-corrected chi connectivity index (χ3v) is 7.49. The van der Waals surface area contributed by atoms with Crippen molar-refractivity contribution in [3.63, 3.8) is 0 Å². The average molecular weight is 511 g/mol. The zero-order valence-corrected chi connectivity index (χ0v) is 18.7. The number of nitrogens with zero attached hydrogens (tertiary/aromatic N) is 5. The maximum atomic E-state index is 11.0. The molecular weight excluding hydrogens is 497 g/mol. The molecule has 1 aliphatic heterocycles. The summed E-state index contributed by atoms with van der Waals surface area (Å²) in [6.45, 7) is -0.457. The highest BCUT2D eigenvalue weighted by molar-refractivity contribution is 7.99. The van der Waals surface area contributed by atoms with Crippen LogP contribution in [0.2, 0.25) is 15.1 Å². The second-order valence-corrected chi connectivity index (χ2v) is 9.54. The van der Waals surface area contributed by atoms with Crippen molar-refractivity contribution in [3.8, 4) is 10.7 Å². The van der Waals surface area contributed by atoms with Crippen LogP contribution in [0.3, 0.4) is 0 Å². The lowest BCUT2D eigenvalue weighted by Crippen LogP contribution is -2.55. The Hall–Kier alpha value is -1.02. The normalized spacial score (nSPS) is 26.8. The molecule has 4 rings (SSSR count). The van der Waals surface area contributed by atoms with Gasteiger partial charge in [0, 0.05) is 4.90 Å². The van der Waals surface area contributed by atoms with Crippen LogP contribution >= 0.6 is 57.9 Å². The predicted molar refractivity (Wildman–Crippen MR) is 113 cm³/mol. The highest BCUT2D eigenvalue weighted by Crippen LogP contribution is 2.41. The molecule has 3 aromatic rings. The van der Waals surface area contributed by atoms with Gasteiger partial charge in [0.25, 0.3) is 0 Å². The summed E-state index contributed by atoms with van der Waals surface area (Å²) >= 11 is 20.6. The van der Waals surface area contributed by atoms with Crippen LogP contribution in [0.25, 0.3) is 10.7 Å². The number of aliphatic hydroxyl groups excluding tert-OH is 3. The molecule has 5 atom stereocenters. The minimum atomic E-state index is -1.23. The zero-order chi connectivity index (χ0) is 21.4. The maximum absolute atomic E-state index is 11.0. The average Bonchev–Trinajstić information content (AvgIpc) is 3.40. The topological polar surface area (TPSA) is 126 Å². The molecule has 1 fully saturated rings. The number of ether oxygens (including phenoxy) is 1. The molecule has 1 aliphatic rings. The Morgan fingerprint density at radius 1 is 1.13 bits per heavy atom. The van der Waals surface area contributed by atoms with Crippen molar-refractivity contribution in [3.05, 3.63) is 38.9 Å². The van der Waals surface area contributed by atoms with Gasteiger partial charge >= 0.3 is 0 Å². The van der Waals surface area contributed by atoms with Gasteiger partial charge in [-0.25, -0.2) is 4.68 Å². The summed E-state index contributed by atoms with van der Waals surface area (Å²) in [5.41, 5.74) is 1.14. The van der Waals surface area contributed by atoms with Gasteiger partial charge in [0.1, 0.15) is 41.0 Å². The fourth-order valence-corrected chi connectivity index (χ4v) is 5.38. The standard InChI is InChI=1S/C16H14Cl3N5O4S2/c17-7-1-6(2-8(18)11(7)19)30-16-14(27)12(13(26)10(4-25)28-16)24-3-9(21-23-24)15-22-20-5-29-15/h1-3,5,10,12-14,16,25-27H,4H2/t10?,12?,13?,14-,16?/m0/s1. The van der Waals surface area contributed by atoms with E-state index in [4.69, 9.17) is 39.5 Å². The molecule has 160 valence electrons. The van der Waals surface area contributed by atoms with Crippen molar-refractivity contribution < 1.29 is 20.1 Å². The Kier molecular flexibility index (Phi) is 6.82. The van der Waals surface area contributed by atoms with Crippen LogP contribution in [0.5, 0.6) is 0 Å². The zero-order valence-electron chi connectivity index (χ0n) is 14.8. The molecule has 14 heteroatoms. The van der Waals surface area contributed by atoms with Crippen LogP contribution in [0.15, 0.2) is 28.7 Å². The molecule has 3 heterocycles. The largest absolute Gasteiger partial charge is 0.394 e. The Morgan fingerprint density at radius 3 is 2.50 bits per heavy atom. The second-order valence-electron chi connectivity index (χ2n) is 6.34. The van der Waals surface area contributed by atoms with Crippen LogP contribution in [0, 0.1) is 0 Å². The van der Waals surface area contributed by atoms with Gasteiger partial charge in [-0.05, 0) is 12.1 Å². The highest BCUT2D eigenvalue weighted by atomic mass is 35.5. The van der Waals surface area contributed by atoms with Gasteiger partial charge in [-0.1, -0.05) is 63.1 Å². The smallest absolute Gasteiger partial charge is 0.169 e. The van der Waals surface area contributed by atoms with Crippen molar-refractivity contribution >= 4 is 57.9 Å². The number of thioether (sulfide) groups is 1. The monoisotopic (exact) mass is 509 g/mol. The fourth-order valence-electron chi connectivity index (χ4n) is 3.02. The van der Waals surface area contributed by atoms with E-state index < -0.39 is 36.4 Å². The number of hydrogen-bond donors (Lipinski definition) is 3. The van der Waals surface area contributed by atoms with Gasteiger partial charge in [0.2, 0.25) is 0 Å². The number of rotatable bonds is 5. The lowest BCUT2D eigenvalue weighted by atomic mass is 9.97. The molecule has 0 amide bonds. The van der Waals surface area contributed by atoms with E-state index in [-0.39, 0.29) is 15.1 Å². The molecule has 0 bridgehead atoms. The first-order chi connectivity index (χ1) is 14.4. The molecule has 0 radical (unpaired) electrons. The Morgan fingerprint density at radius 2 is 1.87 bits per heavy atom. The van der Waals surface area contributed by atoms with E-state index in [0.717, 1.165) is 11.8 Å². The molecule has 0 aliphatic carbocycles. The molecule has 2 aromatic heterocycles. The van der Waals surface area contributed by atoms with Crippen LogP contribution in [-0.2, 0) is 4.74 Å². The first-order valence-corrected chi connectivity index (χ1v) is 11.4. The minimum Gasteiger partial charge on any atom is -0.394 e. The molecule has 0 saturated carbocycles. The first-order valence-electron chi connectivity index (χ1n) is 8.51. The summed E-state index contributed by atoms with van der Waals surface area (Å²) in [4.78, 5) is 0.596. The van der Waals surface area contributed by atoms with Crippen molar-refractivity contribution in [1.82, 2.24) is 25.2 Å². The number of hydrogen-bond acceptors (Lipinski definition) is 10. The summed E-state index contributed by atoms with van der Waals surface area (Å²) in [5.74, 6) is 0. The fraction of sp³-hybridized carbons (Fsp3) is 0.375. The Bertz CT molecular complexity index is 1000. The van der Waals surface area contributed by atoms with E-state index in [1.54, 1.807) is 23.8 Å².